The highest BCUT2D eigenvalue weighted by Gasteiger charge is 1.84. The summed E-state index contributed by atoms with van der Waals surface area (Å²) in [6, 6.07) is 14.2. The van der Waals surface area contributed by atoms with Crippen LogP contribution in [0.2, 0.25) is 0 Å². The number of aryl methyl sites for hydroxylation is 1. The quantitative estimate of drug-likeness (QED) is 0.696. The second kappa shape index (κ2) is 6.96. The van der Waals surface area contributed by atoms with Gasteiger partial charge >= 0.3 is 0 Å². The van der Waals surface area contributed by atoms with Gasteiger partial charge in [0.2, 0.25) is 0 Å². The van der Waals surface area contributed by atoms with E-state index in [2.05, 4.69) is 41.7 Å². The van der Waals surface area contributed by atoms with E-state index in [9.17, 15) is 0 Å². The minimum absolute atomic E-state index is 1.21. The number of hydrogen-bond donors (Lipinski definition) is 0. The molecule has 1 nitrogen and oxygen atoms in total. The molecule has 0 saturated carbocycles. The molecule has 0 spiro atoms. The van der Waals surface area contributed by atoms with Crippen LogP contribution in [-0.2, 0) is 6.42 Å². The molecule has 2 aromatic rings. The Morgan fingerprint density at radius 3 is 2.00 bits per heavy atom. The van der Waals surface area contributed by atoms with Gasteiger partial charge in [-0.05, 0) is 24.1 Å². The molecule has 0 saturated heterocycles. The maximum atomic E-state index is 4.58. The van der Waals surface area contributed by atoms with Crippen molar-refractivity contribution < 1.29 is 4.42 Å². The van der Waals surface area contributed by atoms with E-state index >= 15 is 0 Å². The zero-order valence-electron chi connectivity index (χ0n) is 8.52. The van der Waals surface area contributed by atoms with Crippen LogP contribution in [0.5, 0.6) is 0 Å². The first-order chi connectivity index (χ1) is 6.93. The molecule has 0 fully saturated rings. The molecule has 0 amide bonds. The van der Waals surface area contributed by atoms with E-state index < -0.39 is 0 Å². The van der Waals surface area contributed by atoms with Crippen molar-refractivity contribution in [1.82, 2.24) is 0 Å². The van der Waals surface area contributed by atoms with Crippen LogP contribution in [0.25, 0.3) is 0 Å². The van der Waals surface area contributed by atoms with Gasteiger partial charge in [0.05, 0.1) is 12.5 Å². The van der Waals surface area contributed by atoms with Crippen molar-refractivity contribution in [3.8, 4) is 0 Å². The molecule has 0 aliphatic rings. The van der Waals surface area contributed by atoms with E-state index in [-0.39, 0.29) is 0 Å². The van der Waals surface area contributed by atoms with Crippen LogP contribution < -0.4 is 0 Å². The van der Waals surface area contributed by atoms with E-state index in [0.29, 0.717) is 0 Å². The fraction of sp³-hybridized carbons (Fsp3) is 0.231. The highest BCUT2D eigenvalue weighted by Crippen LogP contribution is 2.00. The summed E-state index contributed by atoms with van der Waals surface area (Å²) in [5.74, 6) is 0. The molecule has 0 aliphatic heterocycles. The largest absolute Gasteiger partial charge is 0.473 e. The minimum atomic E-state index is 1.21. The van der Waals surface area contributed by atoms with Crippen molar-refractivity contribution >= 4 is 0 Å². The summed E-state index contributed by atoms with van der Waals surface area (Å²) in [6.07, 6.45) is 5.70. The molecule has 74 valence electrons. The van der Waals surface area contributed by atoms with Crippen molar-refractivity contribution in [2.75, 3.05) is 0 Å². The molecule has 0 radical (unpaired) electrons. The van der Waals surface area contributed by atoms with Gasteiger partial charge in [-0.25, -0.2) is 0 Å². The van der Waals surface area contributed by atoms with Gasteiger partial charge in [0, 0.05) is 0 Å². The Balaban J connectivity index is 0.000000165. The first-order valence-electron chi connectivity index (χ1n) is 4.94. The average Bonchev–Trinajstić information content (AvgIpc) is 2.78. The minimum Gasteiger partial charge on any atom is -0.473 e. The Hall–Kier alpha value is -1.50. The predicted molar refractivity (Wildman–Crippen MR) is 59.1 cm³/mol. The SMILES string of the molecule is CCCc1ccccc1.c1ccoc1. The molecule has 2 rings (SSSR count). The number of hydrogen-bond acceptors (Lipinski definition) is 1. The Morgan fingerprint density at radius 1 is 0.929 bits per heavy atom. The predicted octanol–water partition coefficient (Wildman–Crippen LogP) is 3.92. The molecule has 0 unspecified atom stereocenters. The summed E-state index contributed by atoms with van der Waals surface area (Å²) in [5, 5.41) is 0. The summed E-state index contributed by atoms with van der Waals surface area (Å²) in [4.78, 5) is 0. The Labute approximate surface area is 85.4 Å². The molecular weight excluding hydrogens is 172 g/mol. The lowest BCUT2D eigenvalue weighted by molar-refractivity contribution is 0.567. The molecule has 0 atom stereocenters. The van der Waals surface area contributed by atoms with E-state index in [1.165, 1.54) is 18.4 Å². The Morgan fingerprint density at radius 2 is 1.57 bits per heavy atom. The van der Waals surface area contributed by atoms with Crippen LogP contribution in [0, 0.1) is 0 Å². The summed E-state index contributed by atoms with van der Waals surface area (Å²) in [6.45, 7) is 2.20. The van der Waals surface area contributed by atoms with Crippen LogP contribution in [0.3, 0.4) is 0 Å². The standard InChI is InChI=1S/C9H12.C4H4O/c1-2-6-9-7-4-3-5-8-9;1-2-4-5-3-1/h3-5,7-8H,2,6H2,1H3;1-4H. The molecule has 1 aromatic carbocycles. The third kappa shape index (κ3) is 4.51. The van der Waals surface area contributed by atoms with Gasteiger partial charge < -0.3 is 4.42 Å². The lowest BCUT2D eigenvalue weighted by Gasteiger charge is -1.93. The van der Waals surface area contributed by atoms with Crippen LogP contribution in [-0.4, -0.2) is 0 Å². The summed E-state index contributed by atoms with van der Waals surface area (Å²) >= 11 is 0. The molecular formula is C13H16O. The van der Waals surface area contributed by atoms with Crippen LogP contribution in [0.1, 0.15) is 18.9 Å². The van der Waals surface area contributed by atoms with Gasteiger partial charge in [0.1, 0.15) is 0 Å². The van der Waals surface area contributed by atoms with Gasteiger partial charge in [-0.2, -0.15) is 0 Å². The normalized spacial score (nSPS) is 8.93. The zero-order valence-corrected chi connectivity index (χ0v) is 8.52. The molecule has 1 heteroatoms. The lowest BCUT2D eigenvalue weighted by atomic mass is 10.1. The van der Waals surface area contributed by atoms with E-state index in [1.807, 2.05) is 12.1 Å². The van der Waals surface area contributed by atoms with Crippen LogP contribution >= 0.6 is 0 Å². The van der Waals surface area contributed by atoms with Gasteiger partial charge in [-0.15, -0.1) is 0 Å². The van der Waals surface area contributed by atoms with Gasteiger partial charge in [-0.3, -0.25) is 0 Å². The second-order valence-electron chi connectivity index (χ2n) is 3.03. The number of furan rings is 1. The molecule has 0 aliphatic carbocycles. The van der Waals surface area contributed by atoms with E-state index in [1.54, 1.807) is 12.5 Å². The first-order valence-corrected chi connectivity index (χ1v) is 4.94. The Bertz CT molecular complexity index is 280. The summed E-state index contributed by atoms with van der Waals surface area (Å²) < 4.78 is 4.58. The van der Waals surface area contributed by atoms with Crippen molar-refractivity contribution in [2.45, 2.75) is 19.8 Å². The maximum absolute atomic E-state index is 4.58. The third-order valence-electron chi connectivity index (χ3n) is 1.81. The topological polar surface area (TPSA) is 13.1 Å². The van der Waals surface area contributed by atoms with Gasteiger partial charge in [0.25, 0.3) is 0 Å². The van der Waals surface area contributed by atoms with Crippen LogP contribution in [0.4, 0.5) is 0 Å². The first kappa shape index (κ1) is 10.6. The van der Waals surface area contributed by atoms with Gasteiger partial charge in [-0.1, -0.05) is 43.7 Å². The monoisotopic (exact) mass is 188 g/mol. The fourth-order valence-corrected chi connectivity index (χ4v) is 1.16. The van der Waals surface area contributed by atoms with Crippen molar-refractivity contribution in [2.24, 2.45) is 0 Å². The van der Waals surface area contributed by atoms with Gasteiger partial charge in [0.15, 0.2) is 0 Å². The second-order valence-corrected chi connectivity index (χ2v) is 3.03. The van der Waals surface area contributed by atoms with Crippen molar-refractivity contribution in [3.05, 3.63) is 60.6 Å². The van der Waals surface area contributed by atoms with Crippen LogP contribution in [0.15, 0.2) is 59.4 Å². The summed E-state index contributed by atoms with van der Waals surface area (Å²) in [5.41, 5.74) is 1.44. The number of rotatable bonds is 2. The molecule has 1 aromatic heterocycles. The maximum Gasteiger partial charge on any atom is 0.0902 e. The van der Waals surface area contributed by atoms with Crippen molar-refractivity contribution in [3.63, 3.8) is 0 Å². The number of benzene rings is 1. The zero-order chi connectivity index (χ0) is 10.1. The van der Waals surface area contributed by atoms with E-state index in [0.717, 1.165) is 0 Å². The summed E-state index contributed by atoms with van der Waals surface area (Å²) in [7, 11) is 0. The smallest absolute Gasteiger partial charge is 0.0902 e. The molecule has 14 heavy (non-hydrogen) atoms. The molecule has 0 N–H and O–H groups in total. The lowest BCUT2D eigenvalue weighted by Crippen LogP contribution is -1.78. The highest BCUT2D eigenvalue weighted by molar-refractivity contribution is 5.14. The fourth-order valence-electron chi connectivity index (χ4n) is 1.16. The van der Waals surface area contributed by atoms with E-state index in [4.69, 9.17) is 0 Å². The van der Waals surface area contributed by atoms with Crippen molar-refractivity contribution in [1.29, 1.82) is 0 Å². The Kier molecular flexibility index (Phi) is 5.26. The highest BCUT2D eigenvalue weighted by atomic mass is 16.3. The average molecular weight is 188 g/mol. The third-order valence-corrected chi connectivity index (χ3v) is 1.81. The molecule has 0 bridgehead atoms. The molecule has 1 heterocycles.